The third-order valence-corrected chi connectivity index (χ3v) is 6.01. The van der Waals surface area contributed by atoms with E-state index in [0.717, 1.165) is 5.56 Å². The molecule has 2 aromatic carbocycles. The molecule has 1 aliphatic rings. The number of rotatable bonds is 7. The van der Waals surface area contributed by atoms with Crippen molar-refractivity contribution in [2.24, 2.45) is 18.0 Å². The molecule has 186 valence electrons. The van der Waals surface area contributed by atoms with Gasteiger partial charge in [0.1, 0.15) is 17.5 Å². The number of fused-ring (bicyclic) bond motifs is 1. The summed E-state index contributed by atoms with van der Waals surface area (Å²) in [6.07, 6.45) is 0. The van der Waals surface area contributed by atoms with Crippen molar-refractivity contribution in [3.8, 4) is 5.75 Å². The van der Waals surface area contributed by atoms with Crippen LogP contribution in [0.15, 0.2) is 64.4 Å². The Labute approximate surface area is 208 Å². The lowest BCUT2D eigenvalue weighted by Crippen LogP contribution is -2.38. The summed E-state index contributed by atoms with van der Waals surface area (Å²) in [4.78, 5) is 47.4. The molecule has 0 fully saturated rings. The maximum atomic E-state index is 13.1. The number of nitrogens with zero attached hydrogens (tertiary/aromatic N) is 3. The fourth-order valence-corrected chi connectivity index (χ4v) is 4.28. The fraction of sp³-hybridized carbons (Fsp3) is 0.269. The summed E-state index contributed by atoms with van der Waals surface area (Å²) in [5, 5.41) is 0. The third-order valence-electron chi connectivity index (χ3n) is 6.01. The first-order valence-electron chi connectivity index (χ1n) is 11.4. The Morgan fingerprint density at radius 1 is 1.11 bits per heavy atom. The first-order valence-corrected chi connectivity index (χ1v) is 11.4. The van der Waals surface area contributed by atoms with Gasteiger partial charge in [0.05, 0.1) is 13.7 Å². The first-order chi connectivity index (χ1) is 17.3. The van der Waals surface area contributed by atoms with Gasteiger partial charge in [0.15, 0.2) is 5.82 Å². The molecule has 0 spiro atoms. The highest BCUT2D eigenvalue weighted by Gasteiger charge is 2.41. The molecule has 3 aromatic rings. The van der Waals surface area contributed by atoms with Crippen molar-refractivity contribution in [1.29, 1.82) is 0 Å². The van der Waals surface area contributed by atoms with Crippen molar-refractivity contribution in [2.45, 2.75) is 19.8 Å². The van der Waals surface area contributed by atoms with Crippen molar-refractivity contribution in [1.82, 2.24) is 15.0 Å². The van der Waals surface area contributed by atoms with Crippen LogP contribution in [0.1, 0.15) is 41.3 Å². The number of aliphatic imine (C=N–C) groups is 1. The highest BCUT2D eigenvalue weighted by Crippen LogP contribution is 2.44. The van der Waals surface area contributed by atoms with Gasteiger partial charge in [0.2, 0.25) is 0 Å². The molecule has 36 heavy (non-hydrogen) atoms. The Morgan fingerprint density at radius 2 is 1.86 bits per heavy atom. The van der Waals surface area contributed by atoms with Crippen LogP contribution in [0.2, 0.25) is 0 Å². The van der Waals surface area contributed by atoms with E-state index in [4.69, 9.17) is 9.47 Å². The first kappa shape index (κ1) is 24.6. The molecule has 0 bridgehead atoms. The molecule has 1 amide bonds. The van der Waals surface area contributed by atoms with Crippen molar-refractivity contribution in [2.75, 3.05) is 19.1 Å². The number of carbonyl (C=O) groups is 2. The SMILES string of the molecule is CCOC(=O)C1C(C)=Nc2c(c(NNC(=O)c3cccc(OC)c3)nc(=O)n2C)C1c1ccccc1. The van der Waals surface area contributed by atoms with Gasteiger partial charge >= 0.3 is 11.7 Å². The van der Waals surface area contributed by atoms with Gasteiger partial charge in [0, 0.05) is 29.8 Å². The largest absolute Gasteiger partial charge is 0.497 e. The van der Waals surface area contributed by atoms with Gasteiger partial charge in [-0.1, -0.05) is 36.4 Å². The van der Waals surface area contributed by atoms with Gasteiger partial charge in [-0.05, 0) is 37.6 Å². The highest BCUT2D eigenvalue weighted by molar-refractivity contribution is 6.05. The third kappa shape index (κ3) is 4.70. The Balaban J connectivity index is 1.81. The van der Waals surface area contributed by atoms with Crippen molar-refractivity contribution in [3.05, 3.63) is 81.8 Å². The smallest absolute Gasteiger partial charge is 0.350 e. The van der Waals surface area contributed by atoms with E-state index in [9.17, 15) is 14.4 Å². The Hall–Kier alpha value is -4.47. The summed E-state index contributed by atoms with van der Waals surface area (Å²) >= 11 is 0. The van der Waals surface area contributed by atoms with Crippen molar-refractivity contribution >= 4 is 29.2 Å². The van der Waals surface area contributed by atoms with Crippen LogP contribution in [0, 0.1) is 5.92 Å². The Morgan fingerprint density at radius 3 is 2.56 bits per heavy atom. The van der Waals surface area contributed by atoms with E-state index in [2.05, 4.69) is 20.8 Å². The molecule has 10 heteroatoms. The number of hydrogen-bond acceptors (Lipinski definition) is 8. The van der Waals surface area contributed by atoms with E-state index in [1.165, 1.54) is 11.7 Å². The minimum Gasteiger partial charge on any atom is -0.497 e. The highest BCUT2D eigenvalue weighted by atomic mass is 16.5. The second kappa shape index (κ2) is 10.4. The van der Waals surface area contributed by atoms with E-state index in [-0.39, 0.29) is 12.4 Å². The van der Waals surface area contributed by atoms with Crippen LogP contribution in [-0.4, -0.2) is 40.9 Å². The predicted octanol–water partition coefficient (Wildman–Crippen LogP) is 2.96. The zero-order valence-electron chi connectivity index (χ0n) is 20.4. The number of amides is 1. The molecule has 0 saturated heterocycles. The normalized spacial score (nSPS) is 16.4. The maximum absolute atomic E-state index is 13.1. The number of hydrogen-bond donors (Lipinski definition) is 2. The molecule has 4 rings (SSSR count). The molecule has 2 N–H and O–H groups in total. The van der Waals surface area contributed by atoms with Crippen molar-refractivity contribution < 1.29 is 19.1 Å². The minimum absolute atomic E-state index is 0.101. The van der Waals surface area contributed by atoms with Gasteiger partial charge in [-0.2, -0.15) is 4.98 Å². The molecular formula is C26H27N5O5. The lowest BCUT2D eigenvalue weighted by Gasteiger charge is -2.32. The average Bonchev–Trinajstić information content (AvgIpc) is 2.89. The zero-order chi connectivity index (χ0) is 25.8. The minimum atomic E-state index is -0.742. The number of benzene rings is 2. The van der Waals surface area contributed by atoms with Crippen LogP contribution in [-0.2, 0) is 16.6 Å². The topological polar surface area (TPSA) is 124 Å². The standard InChI is InChI=1S/C26H27N5O5/c1-5-36-25(33)19-15(2)27-23-21(20(19)16-10-7-6-8-11-16)22(28-26(34)31(23)3)29-30-24(32)17-12-9-13-18(14-17)35-4/h6-14,19-20H,5H2,1-4H3,(H,30,32)(H,28,29,34). The number of aromatic nitrogens is 2. The molecule has 2 atom stereocenters. The second-order valence-electron chi connectivity index (χ2n) is 8.22. The van der Waals surface area contributed by atoms with Crippen LogP contribution in [0.3, 0.4) is 0 Å². The number of hydrazine groups is 1. The average molecular weight is 490 g/mol. The molecular weight excluding hydrogens is 462 g/mol. The quantitative estimate of drug-likeness (QED) is 0.386. The molecule has 2 unspecified atom stereocenters. The zero-order valence-corrected chi connectivity index (χ0v) is 20.4. The van der Waals surface area contributed by atoms with Crippen LogP contribution in [0.25, 0.3) is 0 Å². The van der Waals surface area contributed by atoms with Gasteiger partial charge in [-0.15, -0.1) is 0 Å². The summed E-state index contributed by atoms with van der Waals surface area (Å²) in [5.41, 5.74) is 7.00. The maximum Gasteiger partial charge on any atom is 0.350 e. The molecule has 0 radical (unpaired) electrons. The molecule has 2 heterocycles. The van der Waals surface area contributed by atoms with E-state index in [1.807, 2.05) is 30.3 Å². The predicted molar refractivity (Wildman–Crippen MR) is 135 cm³/mol. The van der Waals surface area contributed by atoms with Crippen LogP contribution in [0.5, 0.6) is 5.75 Å². The summed E-state index contributed by atoms with van der Waals surface area (Å²) in [6.45, 7) is 3.69. The number of methoxy groups -OCH3 is 1. The van der Waals surface area contributed by atoms with Gasteiger partial charge in [0.25, 0.3) is 5.91 Å². The molecule has 0 aliphatic carbocycles. The number of anilines is 1. The van der Waals surface area contributed by atoms with E-state index in [0.29, 0.717) is 28.4 Å². The van der Waals surface area contributed by atoms with Crippen molar-refractivity contribution in [3.63, 3.8) is 0 Å². The van der Waals surface area contributed by atoms with Gasteiger partial charge < -0.3 is 9.47 Å². The number of carbonyl (C=O) groups excluding carboxylic acids is 2. The van der Waals surface area contributed by atoms with Crippen LogP contribution < -0.4 is 21.3 Å². The van der Waals surface area contributed by atoms with E-state index in [1.54, 1.807) is 45.2 Å². The number of esters is 1. The van der Waals surface area contributed by atoms with Crippen LogP contribution >= 0.6 is 0 Å². The van der Waals surface area contributed by atoms with E-state index < -0.39 is 29.4 Å². The van der Waals surface area contributed by atoms with Gasteiger partial charge in [-0.3, -0.25) is 25.0 Å². The molecule has 10 nitrogen and oxygen atoms in total. The summed E-state index contributed by atoms with van der Waals surface area (Å²) < 4.78 is 11.9. The summed E-state index contributed by atoms with van der Waals surface area (Å²) in [5.74, 6) is -1.22. The molecule has 1 aromatic heterocycles. The Kier molecular flexibility index (Phi) is 7.14. The van der Waals surface area contributed by atoms with Crippen LogP contribution in [0.4, 0.5) is 11.6 Å². The fourth-order valence-electron chi connectivity index (χ4n) is 4.28. The number of nitrogens with one attached hydrogen (secondary N) is 2. The lowest BCUT2D eigenvalue weighted by molar-refractivity contribution is -0.146. The second-order valence-corrected chi connectivity index (χ2v) is 8.22. The summed E-state index contributed by atoms with van der Waals surface area (Å²) in [7, 11) is 3.08. The number of ether oxygens (including phenoxy) is 2. The van der Waals surface area contributed by atoms with Gasteiger partial charge in [-0.25, -0.2) is 9.79 Å². The van der Waals surface area contributed by atoms with E-state index >= 15 is 0 Å². The lowest BCUT2D eigenvalue weighted by atomic mass is 9.77. The monoisotopic (exact) mass is 489 g/mol. The Bertz CT molecular complexity index is 1380. The molecule has 1 aliphatic heterocycles. The molecule has 0 saturated carbocycles. The summed E-state index contributed by atoms with van der Waals surface area (Å²) in [6, 6.07) is 16.0.